The van der Waals surface area contributed by atoms with Crippen molar-refractivity contribution in [3.8, 4) is 0 Å². The van der Waals surface area contributed by atoms with E-state index in [2.05, 4.69) is 4.98 Å². The SMILES string of the molecule is CCC(CC)N(CC(F)(F)F)C(=O)c1csc(C(C)N)n1. The van der Waals surface area contributed by atoms with E-state index in [1.54, 1.807) is 20.8 Å². The molecule has 21 heavy (non-hydrogen) atoms. The summed E-state index contributed by atoms with van der Waals surface area (Å²) in [5, 5.41) is 2.00. The predicted molar refractivity (Wildman–Crippen MR) is 76.2 cm³/mol. The molecule has 120 valence electrons. The number of hydrogen-bond acceptors (Lipinski definition) is 4. The third kappa shape index (κ3) is 4.96. The number of thiazole rings is 1. The zero-order valence-corrected chi connectivity index (χ0v) is 13.1. The molecule has 0 aliphatic carbocycles. The summed E-state index contributed by atoms with van der Waals surface area (Å²) in [4.78, 5) is 17.3. The molecule has 0 aromatic carbocycles. The van der Waals surface area contributed by atoms with E-state index in [1.807, 2.05) is 0 Å². The minimum Gasteiger partial charge on any atom is -0.325 e. The van der Waals surface area contributed by atoms with Gasteiger partial charge in [-0.05, 0) is 19.8 Å². The maximum Gasteiger partial charge on any atom is 0.406 e. The van der Waals surface area contributed by atoms with Crippen LogP contribution in [0.4, 0.5) is 13.2 Å². The van der Waals surface area contributed by atoms with Crippen molar-refractivity contribution in [1.82, 2.24) is 9.88 Å². The van der Waals surface area contributed by atoms with Crippen LogP contribution in [0.3, 0.4) is 0 Å². The maximum absolute atomic E-state index is 12.7. The molecule has 0 fully saturated rings. The van der Waals surface area contributed by atoms with Crippen LogP contribution in [0.2, 0.25) is 0 Å². The summed E-state index contributed by atoms with van der Waals surface area (Å²) in [5.74, 6) is -0.691. The molecule has 1 amide bonds. The van der Waals surface area contributed by atoms with Crippen molar-refractivity contribution < 1.29 is 18.0 Å². The topological polar surface area (TPSA) is 59.2 Å². The second-order valence-electron chi connectivity index (χ2n) is 4.88. The molecule has 8 heteroatoms. The summed E-state index contributed by atoms with van der Waals surface area (Å²) >= 11 is 1.18. The molecular formula is C13H20F3N3OS. The smallest absolute Gasteiger partial charge is 0.325 e. The van der Waals surface area contributed by atoms with Crippen LogP contribution in [0.25, 0.3) is 0 Å². The summed E-state index contributed by atoms with van der Waals surface area (Å²) in [6, 6.07) is -0.805. The number of halogens is 3. The monoisotopic (exact) mass is 323 g/mol. The van der Waals surface area contributed by atoms with Crippen LogP contribution < -0.4 is 5.73 Å². The van der Waals surface area contributed by atoms with Gasteiger partial charge in [0.05, 0.1) is 6.04 Å². The van der Waals surface area contributed by atoms with Crippen LogP contribution in [0, 0.1) is 0 Å². The van der Waals surface area contributed by atoms with Crippen LogP contribution in [-0.4, -0.2) is 34.6 Å². The van der Waals surface area contributed by atoms with Crippen molar-refractivity contribution in [3.63, 3.8) is 0 Å². The third-order valence-electron chi connectivity index (χ3n) is 3.12. The van der Waals surface area contributed by atoms with Crippen molar-refractivity contribution in [3.05, 3.63) is 16.1 Å². The molecule has 0 aliphatic rings. The average molecular weight is 323 g/mol. The third-order valence-corrected chi connectivity index (χ3v) is 4.17. The van der Waals surface area contributed by atoms with Gasteiger partial charge >= 0.3 is 6.18 Å². The van der Waals surface area contributed by atoms with E-state index in [0.29, 0.717) is 17.8 Å². The molecule has 0 bridgehead atoms. The lowest BCUT2D eigenvalue weighted by Gasteiger charge is -2.30. The number of amides is 1. The van der Waals surface area contributed by atoms with Crippen molar-refractivity contribution in [2.75, 3.05) is 6.54 Å². The zero-order valence-electron chi connectivity index (χ0n) is 12.3. The summed E-state index contributed by atoms with van der Waals surface area (Å²) < 4.78 is 38.1. The van der Waals surface area contributed by atoms with Crippen molar-refractivity contribution in [2.45, 2.75) is 51.9 Å². The van der Waals surface area contributed by atoms with Crippen LogP contribution in [0.15, 0.2) is 5.38 Å². The van der Waals surface area contributed by atoms with Crippen LogP contribution in [0.1, 0.15) is 55.2 Å². The van der Waals surface area contributed by atoms with Crippen LogP contribution in [0.5, 0.6) is 0 Å². The first-order valence-electron chi connectivity index (χ1n) is 6.78. The number of carbonyl (C=O) groups is 1. The molecule has 0 radical (unpaired) electrons. The Morgan fingerprint density at radius 2 is 2.00 bits per heavy atom. The Morgan fingerprint density at radius 1 is 1.43 bits per heavy atom. The lowest BCUT2D eigenvalue weighted by molar-refractivity contribution is -0.145. The largest absolute Gasteiger partial charge is 0.406 e. The average Bonchev–Trinajstić information content (AvgIpc) is 2.86. The predicted octanol–water partition coefficient (Wildman–Crippen LogP) is 3.36. The number of alkyl halides is 3. The van der Waals surface area contributed by atoms with Gasteiger partial charge in [-0.25, -0.2) is 4.98 Å². The molecule has 0 aliphatic heterocycles. The van der Waals surface area contributed by atoms with E-state index >= 15 is 0 Å². The van der Waals surface area contributed by atoms with Crippen molar-refractivity contribution in [2.24, 2.45) is 5.73 Å². The fourth-order valence-electron chi connectivity index (χ4n) is 2.03. The number of nitrogens with two attached hydrogens (primary N) is 1. The van der Waals surface area contributed by atoms with E-state index in [-0.39, 0.29) is 11.7 Å². The van der Waals surface area contributed by atoms with Gasteiger partial charge in [0.2, 0.25) is 0 Å². The number of hydrogen-bond donors (Lipinski definition) is 1. The molecule has 1 aromatic rings. The maximum atomic E-state index is 12.7. The van der Waals surface area contributed by atoms with E-state index in [0.717, 1.165) is 4.90 Å². The molecule has 4 nitrogen and oxygen atoms in total. The summed E-state index contributed by atoms with van der Waals surface area (Å²) in [6.07, 6.45) is -3.51. The van der Waals surface area contributed by atoms with Crippen molar-refractivity contribution in [1.29, 1.82) is 0 Å². The molecule has 1 unspecified atom stereocenters. The first-order chi connectivity index (χ1) is 9.69. The van der Waals surface area contributed by atoms with E-state index < -0.39 is 24.7 Å². The first kappa shape index (κ1) is 17.9. The molecule has 1 rings (SSSR count). The quantitative estimate of drug-likeness (QED) is 0.873. The van der Waals surface area contributed by atoms with Crippen LogP contribution in [-0.2, 0) is 0 Å². The molecule has 0 saturated heterocycles. The highest BCUT2D eigenvalue weighted by Gasteiger charge is 2.36. The first-order valence-corrected chi connectivity index (χ1v) is 7.66. The van der Waals surface area contributed by atoms with Gasteiger partial charge in [-0.3, -0.25) is 4.79 Å². The summed E-state index contributed by atoms with van der Waals surface area (Å²) in [7, 11) is 0. The Kier molecular flexibility index (Phi) is 6.15. The van der Waals surface area contributed by atoms with Gasteiger partial charge in [-0.2, -0.15) is 13.2 Å². The fraction of sp³-hybridized carbons (Fsp3) is 0.692. The van der Waals surface area contributed by atoms with Crippen LogP contribution >= 0.6 is 11.3 Å². The fourth-order valence-corrected chi connectivity index (χ4v) is 2.78. The highest BCUT2D eigenvalue weighted by atomic mass is 32.1. The van der Waals surface area contributed by atoms with Crippen molar-refractivity contribution >= 4 is 17.2 Å². The number of rotatable bonds is 6. The van der Waals surface area contributed by atoms with Gasteiger partial charge in [-0.15, -0.1) is 11.3 Å². The molecule has 2 N–H and O–H groups in total. The van der Waals surface area contributed by atoms with Gasteiger partial charge in [0, 0.05) is 11.4 Å². The van der Waals surface area contributed by atoms with Gasteiger partial charge in [0.15, 0.2) is 0 Å². The lowest BCUT2D eigenvalue weighted by atomic mass is 10.1. The Bertz CT molecular complexity index is 469. The Hall–Kier alpha value is -1.15. The summed E-state index contributed by atoms with van der Waals surface area (Å²) in [5.41, 5.74) is 5.69. The highest BCUT2D eigenvalue weighted by molar-refractivity contribution is 7.09. The number of nitrogens with zero attached hydrogens (tertiary/aromatic N) is 2. The number of aromatic nitrogens is 1. The molecule has 1 aromatic heterocycles. The zero-order chi connectivity index (χ0) is 16.2. The van der Waals surface area contributed by atoms with Gasteiger partial charge in [0.25, 0.3) is 5.91 Å². The Morgan fingerprint density at radius 3 is 2.38 bits per heavy atom. The normalized spacial score (nSPS) is 13.5. The van der Waals surface area contributed by atoms with Gasteiger partial charge in [0.1, 0.15) is 17.2 Å². The molecule has 0 spiro atoms. The Labute approximate surface area is 126 Å². The molecule has 1 heterocycles. The number of carbonyl (C=O) groups excluding carboxylic acids is 1. The standard InChI is InChI=1S/C13H20F3N3OS/c1-4-9(5-2)19(7-13(14,15)16)12(20)10-6-21-11(18-10)8(3)17/h6,8-9H,4-5,7,17H2,1-3H3. The van der Waals surface area contributed by atoms with Gasteiger partial charge in [-0.1, -0.05) is 13.8 Å². The van der Waals surface area contributed by atoms with E-state index in [4.69, 9.17) is 5.73 Å². The van der Waals surface area contributed by atoms with Gasteiger partial charge < -0.3 is 10.6 Å². The van der Waals surface area contributed by atoms with E-state index in [1.165, 1.54) is 16.7 Å². The molecule has 1 atom stereocenters. The Balaban J connectivity index is 3.03. The lowest BCUT2D eigenvalue weighted by Crippen LogP contribution is -2.45. The summed E-state index contributed by atoms with van der Waals surface area (Å²) in [6.45, 7) is 3.98. The minimum absolute atomic E-state index is 0.0310. The van der Waals surface area contributed by atoms with E-state index in [9.17, 15) is 18.0 Å². The second-order valence-corrected chi connectivity index (χ2v) is 5.77. The molecular weight excluding hydrogens is 303 g/mol. The molecule has 0 saturated carbocycles. The minimum atomic E-state index is -4.43. The second kappa shape index (κ2) is 7.22. The highest BCUT2D eigenvalue weighted by Crippen LogP contribution is 2.24.